The van der Waals surface area contributed by atoms with Gasteiger partial charge in [0, 0.05) is 14.7 Å². The van der Waals surface area contributed by atoms with E-state index in [1.54, 1.807) is 31.2 Å². The Kier molecular flexibility index (Phi) is 9.59. The first-order chi connectivity index (χ1) is 15.1. The average molecular weight is 562 g/mol. The molecule has 0 amide bonds. The lowest BCUT2D eigenvalue weighted by Crippen LogP contribution is -2.03. The topological polar surface area (TPSA) is 38.7 Å². The SMILES string of the molecule is Cc1cc(C#Cc2ccc(F)c(O)c2)ccc1OC(F)F.FC(F)Oc1ccc(I)cc1. The van der Waals surface area contributed by atoms with Gasteiger partial charge in [0.15, 0.2) is 11.6 Å². The molecule has 3 aromatic carbocycles. The van der Waals surface area contributed by atoms with Crippen molar-refractivity contribution in [2.75, 3.05) is 0 Å². The number of aryl methyl sites for hydroxylation is 1. The second-order valence-corrected chi connectivity index (χ2v) is 7.35. The zero-order valence-corrected chi connectivity index (χ0v) is 18.6. The zero-order valence-electron chi connectivity index (χ0n) is 16.5. The Morgan fingerprint density at radius 1 is 0.812 bits per heavy atom. The smallest absolute Gasteiger partial charge is 0.387 e. The van der Waals surface area contributed by atoms with Crippen molar-refractivity contribution in [3.8, 4) is 29.1 Å². The van der Waals surface area contributed by atoms with Crippen molar-refractivity contribution in [2.24, 2.45) is 0 Å². The predicted molar refractivity (Wildman–Crippen MR) is 118 cm³/mol. The van der Waals surface area contributed by atoms with Crippen LogP contribution in [0.1, 0.15) is 16.7 Å². The fraction of sp³-hybridized carbons (Fsp3) is 0.130. The highest BCUT2D eigenvalue weighted by molar-refractivity contribution is 14.1. The zero-order chi connectivity index (χ0) is 23.7. The van der Waals surface area contributed by atoms with E-state index in [4.69, 9.17) is 0 Å². The van der Waals surface area contributed by atoms with Crippen molar-refractivity contribution < 1.29 is 36.5 Å². The minimum atomic E-state index is -2.87. The number of hydrogen-bond acceptors (Lipinski definition) is 3. The summed E-state index contributed by atoms with van der Waals surface area (Å²) < 4.78 is 69.8. The van der Waals surface area contributed by atoms with Crippen LogP contribution in [0.3, 0.4) is 0 Å². The van der Waals surface area contributed by atoms with Crippen molar-refractivity contribution in [1.29, 1.82) is 0 Å². The minimum Gasteiger partial charge on any atom is -0.505 e. The van der Waals surface area contributed by atoms with Crippen LogP contribution in [0, 0.1) is 28.2 Å². The summed E-state index contributed by atoms with van der Waals surface area (Å²) in [6.45, 7) is -3.98. The molecule has 0 saturated carbocycles. The lowest BCUT2D eigenvalue weighted by atomic mass is 10.1. The van der Waals surface area contributed by atoms with Crippen LogP contribution in [0.4, 0.5) is 22.0 Å². The molecule has 0 bridgehead atoms. The van der Waals surface area contributed by atoms with Gasteiger partial charge in [0.25, 0.3) is 0 Å². The Morgan fingerprint density at radius 2 is 1.38 bits per heavy atom. The standard InChI is InChI=1S/C16H11F3O2.C7H5F2IO/c1-10-8-11(5-7-15(10)21-16(18)19)2-3-12-4-6-13(17)14(20)9-12;8-7(9)11-6-3-1-5(10)2-4-6/h4-9,16,20H,1H3;1-4,7H. The number of hydrogen-bond donors (Lipinski definition) is 1. The molecule has 0 heterocycles. The van der Waals surface area contributed by atoms with Crippen LogP contribution in [-0.2, 0) is 0 Å². The van der Waals surface area contributed by atoms with E-state index < -0.39 is 24.8 Å². The Labute approximate surface area is 194 Å². The van der Waals surface area contributed by atoms with E-state index in [0.29, 0.717) is 16.7 Å². The summed E-state index contributed by atoms with van der Waals surface area (Å²) >= 11 is 2.09. The molecular formula is C23H16F5IO3. The number of alkyl halides is 4. The van der Waals surface area contributed by atoms with E-state index in [2.05, 4.69) is 43.9 Å². The first-order valence-corrected chi connectivity index (χ1v) is 9.98. The molecule has 0 aromatic heterocycles. The van der Waals surface area contributed by atoms with E-state index in [1.807, 2.05) is 0 Å². The number of ether oxygens (including phenoxy) is 2. The Morgan fingerprint density at radius 3 is 1.91 bits per heavy atom. The van der Waals surface area contributed by atoms with Crippen LogP contribution >= 0.6 is 22.6 Å². The van der Waals surface area contributed by atoms with Crippen molar-refractivity contribution >= 4 is 22.6 Å². The molecule has 0 aliphatic carbocycles. The van der Waals surface area contributed by atoms with Gasteiger partial charge in [-0.25, -0.2) is 4.39 Å². The molecule has 0 saturated heterocycles. The van der Waals surface area contributed by atoms with Gasteiger partial charge in [-0.05, 0) is 95.7 Å². The van der Waals surface area contributed by atoms with E-state index in [-0.39, 0.29) is 11.5 Å². The molecule has 0 atom stereocenters. The highest BCUT2D eigenvalue weighted by Crippen LogP contribution is 2.21. The molecule has 1 N–H and O–H groups in total. The van der Waals surface area contributed by atoms with Gasteiger partial charge < -0.3 is 14.6 Å². The van der Waals surface area contributed by atoms with Gasteiger partial charge in [-0.1, -0.05) is 11.8 Å². The number of benzene rings is 3. The van der Waals surface area contributed by atoms with Crippen LogP contribution in [0.2, 0.25) is 0 Å². The third-order valence-corrected chi connectivity index (χ3v) is 4.45. The Bertz CT molecular complexity index is 1090. The number of phenolic OH excluding ortho intramolecular Hbond substituents is 1. The van der Waals surface area contributed by atoms with E-state index in [9.17, 15) is 27.1 Å². The molecule has 0 radical (unpaired) electrons. The van der Waals surface area contributed by atoms with Crippen LogP contribution in [0.15, 0.2) is 60.7 Å². The van der Waals surface area contributed by atoms with Gasteiger partial charge in [-0.15, -0.1) is 0 Å². The van der Waals surface area contributed by atoms with Crippen LogP contribution in [-0.4, -0.2) is 18.3 Å². The van der Waals surface area contributed by atoms with Gasteiger partial charge in [0.2, 0.25) is 0 Å². The fourth-order valence-electron chi connectivity index (χ4n) is 2.31. The molecule has 3 nitrogen and oxygen atoms in total. The molecule has 3 rings (SSSR count). The van der Waals surface area contributed by atoms with Gasteiger partial charge in [0.05, 0.1) is 0 Å². The summed E-state index contributed by atoms with van der Waals surface area (Å²) in [4.78, 5) is 0. The number of halogens is 6. The molecule has 32 heavy (non-hydrogen) atoms. The molecule has 3 aromatic rings. The lowest BCUT2D eigenvalue weighted by Gasteiger charge is -2.07. The molecule has 0 aliphatic rings. The maximum absolute atomic E-state index is 12.9. The quantitative estimate of drug-likeness (QED) is 0.218. The first-order valence-electron chi connectivity index (χ1n) is 8.90. The summed E-state index contributed by atoms with van der Waals surface area (Å²) in [5.74, 6) is 4.65. The maximum Gasteiger partial charge on any atom is 0.387 e. The van der Waals surface area contributed by atoms with E-state index in [1.165, 1.54) is 30.3 Å². The molecule has 0 unspecified atom stereocenters. The second-order valence-electron chi connectivity index (χ2n) is 6.11. The first kappa shape index (κ1) is 25.3. The van der Waals surface area contributed by atoms with Crippen molar-refractivity contribution in [3.05, 3.63) is 86.7 Å². The highest BCUT2D eigenvalue weighted by atomic mass is 127. The monoisotopic (exact) mass is 562 g/mol. The minimum absolute atomic E-state index is 0.0926. The van der Waals surface area contributed by atoms with Crippen LogP contribution < -0.4 is 9.47 Å². The molecule has 168 valence electrons. The van der Waals surface area contributed by atoms with Crippen LogP contribution in [0.5, 0.6) is 17.2 Å². The molecule has 0 aliphatic heterocycles. The third kappa shape index (κ3) is 8.63. The molecule has 0 spiro atoms. The molecule has 0 fully saturated rings. The van der Waals surface area contributed by atoms with Crippen molar-refractivity contribution in [3.63, 3.8) is 0 Å². The Hall–Kier alpha value is -3.00. The second kappa shape index (κ2) is 12.1. The van der Waals surface area contributed by atoms with E-state index in [0.717, 1.165) is 9.64 Å². The van der Waals surface area contributed by atoms with Gasteiger partial charge in [0.1, 0.15) is 11.5 Å². The molecular weight excluding hydrogens is 546 g/mol. The summed E-state index contributed by atoms with van der Waals surface area (Å²) in [7, 11) is 0. The Balaban J connectivity index is 0.000000278. The number of rotatable bonds is 4. The fourth-order valence-corrected chi connectivity index (χ4v) is 2.67. The highest BCUT2D eigenvalue weighted by Gasteiger charge is 2.07. The molecule has 9 heteroatoms. The van der Waals surface area contributed by atoms with E-state index >= 15 is 0 Å². The average Bonchev–Trinajstić information content (AvgIpc) is 2.72. The van der Waals surface area contributed by atoms with Crippen molar-refractivity contribution in [1.82, 2.24) is 0 Å². The van der Waals surface area contributed by atoms with Gasteiger partial charge >= 0.3 is 13.2 Å². The number of aromatic hydroxyl groups is 1. The summed E-state index contributed by atoms with van der Waals surface area (Å²) in [6, 6.07) is 14.7. The predicted octanol–water partition coefficient (Wildman–Crippen LogP) is 6.73. The van der Waals surface area contributed by atoms with Crippen LogP contribution in [0.25, 0.3) is 0 Å². The summed E-state index contributed by atoms with van der Waals surface area (Å²) in [6.07, 6.45) is 0. The lowest BCUT2D eigenvalue weighted by molar-refractivity contribution is -0.0507. The maximum atomic E-state index is 12.9. The summed E-state index contributed by atoms with van der Waals surface area (Å²) in [5.41, 5.74) is 1.57. The van der Waals surface area contributed by atoms with Gasteiger partial charge in [-0.3, -0.25) is 0 Å². The normalized spacial score (nSPS) is 10.2. The van der Waals surface area contributed by atoms with Crippen molar-refractivity contribution in [2.45, 2.75) is 20.1 Å². The summed E-state index contributed by atoms with van der Waals surface area (Å²) in [5, 5.41) is 9.23. The third-order valence-electron chi connectivity index (χ3n) is 3.73. The number of phenols is 1. The largest absolute Gasteiger partial charge is 0.505 e. The van der Waals surface area contributed by atoms with Gasteiger partial charge in [-0.2, -0.15) is 17.6 Å².